The highest BCUT2D eigenvalue weighted by Gasteiger charge is 2.19. The number of aryl methyl sites for hydroxylation is 1. The second kappa shape index (κ2) is 9.71. The fourth-order valence-electron chi connectivity index (χ4n) is 3.42. The zero-order chi connectivity index (χ0) is 22.3. The molecule has 0 saturated heterocycles. The van der Waals surface area contributed by atoms with Gasteiger partial charge in [-0.15, -0.1) is 0 Å². The van der Waals surface area contributed by atoms with Crippen LogP contribution in [0, 0.1) is 6.92 Å². The van der Waals surface area contributed by atoms with E-state index in [9.17, 15) is 9.59 Å². The molecule has 0 unspecified atom stereocenters. The van der Waals surface area contributed by atoms with Gasteiger partial charge in [0, 0.05) is 23.0 Å². The topological polar surface area (TPSA) is 71.1 Å². The predicted molar refractivity (Wildman–Crippen MR) is 126 cm³/mol. The molecule has 1 heterocycles. The van der Waals surface area contributed by atoms with Crippen LogP contribution in [0.3, 0.4) is 0 Å². The Balaban J connectivity index is 1.58. The van der Waals surface area contributed by atoms with E-state index >= 15 is 0 Å². The van der Waals surface area contributed by atoms with Crippen molar-refractivity contribution in [2.45, 2.75) is 13.0 Å². The number of anilines is 1. The van der Waals surface area contributed by atoms with Crippen LogP contribution in [0.4, 0.5) is 5.69 Å². The minimum absolute atomic E-state index is 0.220. The van der Waals surface area contributed by atoms with E-state index in [0.29, 0.717) is 16.8 Å². The van der Waals surface area contributed by atoms with Crippen LogP contribution in [0.15, 0.2) is 103 Å². The van der Waals surface area contributed by atoms with E-state index in [2.05, 4.69) is 15.6 Å². The Labute approximate surface area is 187 Å². The lowest BCUT2D eigenvalue weighted by atomic mass is 10.0. The first-order chi connectivity index (χ1) is 15.6. The van der Waals surface area contributed by atoms with Crippen LogP contribution in [-0.4, -0.2) is 16.8 Å². The molecule has 32 heavy (non-hydrogen) atoms. The molecule has 0 aliphatic heterocycles. The van der Waals surface area contributed by atoms with Gasteiger partial charge >= 0.3 is 0 Å². The highest BCUT2D eigenvalue weighted by Crippen LogP contribution is 2.22. The summed E-state index contributed by atoms with van der Waals surface area (Å²) in [5.74, 6) is -0.471. The summed E-state index contributed by atoms with van der Waals surface area (Å²) in [4.78, 5) is 30.2. The number of nitrogens with one attached hydrogen (secondary N) is 2. The number of hydrogen-bond donors (Lipinski definition) is 2. The monoisotopic (exact) mass is 421 g/mol. The Morgan fingerprint density at radius 3 is 2.12 bits per heavy atom. The number of carbonyl (C=O) groups excluding carboxylic acids is 2. The van der Waals surface area contributed by atoms with Crippen molar-refractivity contribution in [3.8, 4) is 0 Å². The number of aromatic nitrogens is 1. The van der Waals surface area contributed by atoms with Crippen LogP contribution in [0.1, 0.15) is 43.6 Å². The maximum Gasteiger partial charge on any atom is 0.255 e. The van der Waals surface area contributed by atoms with Gasteiger partial charge < -0.3 is 10.6 Å². The predicted octanol–water partition coefficient (Wildman–Crippen LogP) is 5.16. The molecule has 0 aliphatic carbocycles. The summed E-state index contributed by atoms with van der Waals surface area (Å²) < 4.78 is 0. The van der Waals surface area contributed by atoms with Gasteiger partial charge in [0.15, 0.2) is 0 Å². The lowest BCUT2D eigenvalue weighted by Crippen LogP contribution is -2.30. The molecule has 2 amide bonds. The van der Waals surface area contributed by atoms with Gasteiger partial charge in [0.2, 0.25) is 0 Å². The number of amides is 2. The van der Waals surface area contributed by atoms with Crippen LogP contribution in [0.5, 0.6) is 0 Å². The molecule has 0 radical (unpaired) electrons. The van der Waals surface area contributed by atoms with Crippen LogP contribution < -0.4 is 10.6 Å². The molecule has 4 rings (SSSR count). The lowest BCUT2D eigenvalue weighted by molar-refractivity contribution is 0.0941. The molecule has 3 aromatic carbocycles. The average molecular weight is 422 g/mol. The third-order valence-electron chi connectivity index (χ3n) is 5.18. The summed E-state index contributed by atoms with van der Waals surface area (Å²) in [7, 11) is 0. The van der Waals surface area contributed by atoms with Crippen molar-refractivity contribution in [3.05, 3.63) is 131 Å². The van der Waals surface area contributed by atoms with E-state index in [0.717, 1.165) is 16.8 Å². The van der Waals surface area contributed by atoms with Crippen molar-refractivity contribution in [2.75, 3.05) is 5.32 Å². The van der Waals surface area contributed by atoms with Crippen molar-refractivity contribution < 1.29 is 9.59 Å². The highest BCUT2D eigenvalue weighted by atomic mass is 16.2. The maximum absolute atomic E-state index is 13.2. The van der Waals surface area contributed by atoms with Gasteiger partial charge in [-0.3, -0.25) is 14.6 Å². The van der Waals surface area contributed by atoms with Crippen LogP contribution in [0.2, 0.25) is 0 Å². The van der Waals surface area contributed by atoms with Crippen molar-refractivity contribution in [2.24, 2.45) is 0 Å². The minimum Gasteiger partial charge on any atom is -0.340 e. The van der Waals surface area contributed by atoms with Crippen molar-refractivity contribution in [3.63, 3.8) is 0 Å². The van der Waals surface area contributed by atoms with E-state index in [-0.39, 0.29) is 11.8 Å². The summed E-state index contributed by atoms with van der Waals surface area (Å²) in [5, 5.41) is 5.99. The van der Waals surface area contributed by atoms with Gasteiger partial charge in [-0.05, 0) is 54.4 Å². The third-order valence-corrected chi connectivity index (χ3v) is 5.18. The Kier molecular flexibility index (Phi) is 6.37. The van der Waals surface area contributed by atoms with Gasteiger partial charge in [-0.2, -0.15) is 0 Å². The maximum atomic E-state index is 13.2. The molecular weight excluding hydrogens is 398 g/mol. The molecular formula is C27H23N3O2. The minimum atomic E-state index is -0.395. The lowest BCUT2D eigenvalue weighted by Gasteiger charge is -2.19. The van der Waals surface area contributed by atoms with E-state index in [1.807, 2.05) is 79.7 Å². The first-order valence-electron chi connectivity index (χ1n) is 10.4. The molecule has 0 aliphatic rings. The Hall–Kier alpha value is -4.25. The quantitative estimate of drug-likeness (QED) is 0.452. The van der Waals surface area contributed by atoms with Crippen molar-refractivity contribution in [1.29, 1.82) is 0 Å². The molecule has 0 spiro atoms. The van der Waals surface area contributed by atoms with Crippen LogP contribution in [0.25, 0.3) is 0 Å². The normalized spacial score (nSPS) is 11.4. The molecule has 0 fully saturated rings. The molecule has 158 valence electrons. The number of hydrogen-bond acceptors (Lipinski definition) is 3. The zero-order valence-corrected chi connectivity index (χ0v) is 17.7. The summed E-state index contributed by atoms with van der Waals surface area (Å²) in [6.07, 6.45) is 1.71. The molecule has 5 heteroatoms. The van der Waals surface area contributed by atoms with E-state index in [1.54, 1.807) is 30.5 Å². The zero-order valence-electron chi connectivity index (χ0n) is 17.7. The molecule has 1 atom stereocenters. The number of carbonyl (C=O) groups is 2. The first kappa shape index (κ1) is 21.0. The second-order valence-electron chi connectivity index (χ2n) is 7.42. The molecule has 0 bridgehead atoms. The highest BCUT2D eigenvalue weighted by molar-refractivity contribution is 6.05. The van der Waals surface area contributed by atoms with Gasteiger partial charge in [0.05, 0.1) is 11.7 Å². The van der Waals surface area contributed by atoms with Gasteiger partial charge in [-0.1, -0.05) is 60.7 Å². The number of rotatable bonds is 6. The fourth-order valence-corrected chi connectivity index (χ4v) is 3.42. The molecule has 1 aromatic heterocycles. The summed E-state index contributed by atoms with van der Waals surface area (Å²) >= 11 is 0. The summed E-state index contributed by atoms with van der Waals surface area (Å²) in [5.41, 5.74) is 4.16. The van der Waals surface area contributed by atoms with Gasteiger partial charge in [0.25, 0.3) is 11.8 Å². The SMILES string of the molecule is Cc1ccc(C(=O)N[C@H](c2ccccc2)c2ccccn2)cc1NC(=O)c1ccccc1. The first-order valence-corrected chi connectivity index (χ1v) is 10.4. The standard InChI is InChI=1S/C27H23N3O2/c1-19-15-16-22(18-24(19)29-26(31)21-12-6-3-7-13-21)27(32)30-25(20-10-4-2-5-11-20)23-14-8-9-17-28-23/h2-18,25H,1H3,(H,29,31)(H,30,32)/t25-/m1/s1. The molecule has 5 nitrogen and oxygen atoms in total. The summed E-state index contributed by atoms with van der Waals surface area (Å²) in [6.45, 7) is 1.89. The Bertz CT molecular complexity index is 1170. The van der Waals surface area contributed by atoms with Gasteiger partial charge in [-0.25, -0.2) is 0 Å². The Morgan fingerprint density at radius 1 is 0.750 bits per heavy atom. The van der Waals surface area contributed by atoms with Crippen molar-refractivity contribution in [1.82, 2.24) is 10.3 Å². The Morgan fingerprint density at radius 2 is 1.44 bits per heavy atom. The van der Waals surface area contributed by atoms with Crippen molar-refractivity contribution >= 4 is 17.5 Å². The molecule has 2 N–H and O–H groups in total. The second-order valence-corrected chi connectivity index (χ2v) is 7.42. The average Bonchev–Trinajstić information content (AvgIpc) is 2.85. The fraction of sp³-hybridized carbons (Fsp3) is 0.0741. The number of pyridine rings is 1. The van der Waals surface area contributed by atoms with E-state index < -0.39 is 6.04 Å². The molecule has 4 aromatic rings. The third kappa shape index (κ3) is 4.90. The number of benzene rings is 3. The summed E-state index contributed by atoms with van der Waals surface area (Å²) in [6, 6.07) is 29.2. The van der Waals surface area contributed by atoms with Gasteiger partial charge in [0.1, 0.15) is 0 Å². The largest absolute Gasteiger partial charge is 0.340 e. The van der Waals surface area contributed by atoms with Crippen LogP contribution in [-0.2, 0) is 0 Å². The van der Waals surface area contributed by atoms with E-state index in [1.165, 1.54) is 0 Å². The van der Waals surface area contributed by atoms with E-state index in [4.69, 9.17) is 0 Å². The number of nitrogens with zero attached hydrogens (tertiary/aromatic N) is 1. The van der Waals surface area contributed by atoms with Crippen LogP contribution >= 0.6 is 0 Å². The molecule has 0 saturated carbocycles. The smallest absolute Gasteiger partial charge is 0.255 e.